The molecule has 1 N–H and O–H groups in total. The van der Waals surface area contributed by atoms with Crippen LogP contribution in [-0.4, -0.2) is 18.9 Å². The van der Waals surface area contributed by atoms with Gasteiger partial charge in [0.2, 0.25) is 0 Å². The van der Waals surface area contributed by atoms with E-state index in [-0.39, 0.29) is 18.5 Å². The topological polar surface area (TPSA) is 29.1 Å². The number of benzene rings is 2. The predicted molar refractivity (Wildman–Crippen MR) is 103 cm³/mol. The number of nitrogens with one attached hydrogen (secondary N) is 1. The number of hydrogen-bond acceptors (Lipinski definition) is 2. The van der Waals surface area contributed by atoms with Crippen LogP contribution in [0.2, 0.25) is 10.0 Å². The van der Waals surface area contributed by atoms with Gasteiger partial charge in [0.05, 0.1) is 27.7 Å². The molecule has 0 saturated carbocycles. The van der Waals surface area contributed by atoms with Gasteiger partial charge in [-0.2, -0.15) is 26.3 Å². The van der Waals surface area contributed by atoms with Crippen LogP contribution < -0.4 is 5.32 Å². The molecule has 0 amide bonds. The maximum atomic E-state index is 12.9. The van der Waals surface area contributed by atoms with E-state index in [0.29, 0.717) is 28.6 Å². The van der Waals surface area contributed by atoms with Crippen molar-refractivity contribution in [1.82, 2.24) is 5.32 Å². The molecule has 1 unspecified atom stereocenters. The molecule has 2 nitrogen and oxygen atoms in total. The van der Waals surface area contributed by atoms with Gasteiger partial charge in [0.15, 0.2) is 5.78 Å². The molecule has 0 fully saturated rings. The summed E-state index contributed by atoms with van der Waals surface area (Å²) in [7, 11) is 0. The van der Waals surface area contributed by atoms with Crippen LogP contribution in [0.4, 0.5) is 26.3 Å². The minimum absolute atomic E-state index is 0.0123. The summed E-state index contributed by atoms with van der Waals surface area (Å²) in [6, 6.07) is 5.89. The van der Waals surface area contributed by atoms with Crippen molar-refractivity contribution in [2.75, 3.05) is 13.1 Å². The highest BCUT2D eigenvalue weighted by atomic mass is 35.5. The second-order valence-electron chi connectivity index (χ2n) is 6.63. The Hall–Kier alpha value is -1.77. The summed E-state index contributed by atoms with van der Waals surface area (Å²) in [6.45, 7) is 1.74. The van der Waals surface area contributed by atoms with Crippen LogP contribution in [0.25, 0.3) is 0 Å². The zero-order chi connectivity index (χ0) is 22.7. The summed E-state index contributed by atoms with van der Waals surface area (Å²) in [5.74, 6) is -0.963. The number of alkyl halides is 6. The van der Waals surface area contributed by atoms with Gasteiger partial charge in [-0.15, -0.1) is 0 Å². The van der Waals surface area contributed by atoms with Crippen LogP contribution in [0.3, 0.4) is 0 Å². The molecule has 0 aliphatic heterocycles. The first kappa shape index (κ1) is 24.5. The molecule has 30 heavy (non-hydrogen) atoms. The summed E-state index contributed by atoms with van der Waals surface area (Å²) in [6.07, 6.45) is -9.36. The number of rotatable bonds is 7. The molecule has 2 aromatic rings. The van der Waals surface area contributed by atoms with Crippen LogP contribution in [0.15, 0.2) is 36.4 Å². The number of Topliss-reactive ketones (excluding diaryl/α,β-unsaturated/α-hetero) is 1. The molecular weight excluding hydrogens is 455 g/mol. The van der Waals surface area contributed by atoms with E-state index in [0.717, 1.165) is 5.56 Å². The third kappa shape index (κ3) is 6.36. The van der Waals surface area contributed by atoms with Gasteiger partial charge < -0.3 is 5.32 Å². The normalized spacial score (nSPS) is 13.4. The van der Waals surface area contributed by atoms with Crippen molar-refractivity contribution in [2.24, 2.45) is 0 Å². The Bertz CT molecular complexity index is 879. The monoisotopic (exact) mass is 471 g/mol. The summed E-state index contributed by atoms with van der Waals surface area (Å²) < 4.78 is 77.6. The number of ketones is 1. The Kier molecular flexibility index (Phi) is 7.82. The van der Waals surface area contributed by atoms with E-state index < -0.39 is 41.4 Å². The minimum atomic E-state index is -5.01. The molecule has 0 heterocycles. The molecule has 0 spiro atoms. The Morgan fingerprint density at radius 1 is 0.933 bits per heavy atom. The SMILES string of the molecule is CCC(CNCC(=O)c1cc(C(F)(F)F)cc(C(F)(F)F)c1)c1ccc(Cl)c(Cl)c1. The third-order valence-corrected chi connectivity index (χ3v) is 5.23. The van der Waals surface area contributed by atoms with Crippen molar-refractivity contribution in [3.8, 4) is 0 Å². The van der Waals surface area contributed by atoms with Gasteiger partial charge in [-0.1, -0.05) is 36.2 Å². The smallest absolute Gasteiger partial charge is 0.309 e. The largest absolute Gasteiger partial charge is 0.416 e. The Balaban J connectivity index is 2.14. The molecule has 0 aliphatic rings. The standard InChI is InChI=1S/C20H17Cl2F6NO/c1-2-11(12-3-4-16(21)17(22)7-12)9-29-10-18(30)13-5-14(19(23,24)25)8-15(6-13)20(26,27)28/h3-8,11,29H,2,9-10H2,1H3. The molecule has 0 aromatic heterocycles. The highest BCUT2D eigenvalue weighted by molar-refractivity contribution is 6.42. The maximum Gasteiger partial charge on any atom is 0.416 e. The lowest BCUT2D eigenvalue weighted by atomic mass is 9.96. The van der Waals surface area contributed by atoms with Crippen molar-refractivity contribution in [3.05, 3.63) is 68.7 Å². The fraction of sp³-hybridized carbons (Fsp3) is 0.350. The van der Waals surface area contributed by atoms with Crippen LogP contribution in [0.5, 0.6) is 0 Å². The van der Waals surface area contributed by atoms with Gasteiger partial charge in [-0.25, -0.2) is 0 Å². The van der Waals surface area contributed by atoms with Gasteiger partial charge in [0, 0.05) is 12.1 Å². The number of carbonyl (C=O) groups is 1. The molecule has 0 radical (unpaired) electrons. The summed E-state index contributed by atoms with van der Waals surface area (Å²) in [5.41, 5.74) is -2.87. The zero-order valence-corrected chi connectivity index (χ0v) is 17.1. The number of carbonyl (C=O) groups excluding carboxylic acids is 1. The van der Waals surface area contributed by atoms with Crippen molar-refractivity contribution in [1.29, 1.82) is 0 Å². The van der Waals surface area contributed by atoms with Crippen molar-refractivity contribution in [2.45, 2.75) is 31.6 Å². The molecule has 10 heteroatoms. The van der Waals surface area contributed by atoms with E-state index in [2.05, 4.69) is 5.32 Å². The first-order valence-electron chi connectivity index (χ1n) is 8.81. The average molecular weight is 472 g/mol. The summed E-state index contributed by atoms with van der Waals surface area (Å²) in [4.78, 5) is 12.3. The zero-order valence-electron chi connectivity index (χ0n) is 15.6. The van der Waals surface area contributed by atoms with Crippen LogP contribution in [0, 0.1) is 0 Å². The predicted octanol–water partition coefficient (Wildman–Crippen LogP) is 7.00. The fourth-order valence-electron chi connectivity index (χ4n) is 2.84. The highest BCUT2D eigenvalue weighted by Crippen LogP contribution is 2.36. The van der Waals surface area contributed by atoms with Gasteiger partial charge in [-0.3, -0.25) is 4.79 Å². The molecule has 2 rings (SSSR count). The lowest BCUT2D eigenvalue weighted by molar-refractivity contribution is -0.143. The minimum Gasteiger partial charge on any atom is -0.309 e. The quantitative estimate of drug-likeness (QED) is 0.348. The summed E-state index contributed by atoms with van der Waals surface area (Å²) >= 11 is 11.9. The average Bonchev–Trinajstić information content (AvgIpc) is 2.65. The molecule has 0 bridgehead atoms. The number of halogens is 8. The van der Waals surface area contributed by atoms with Gasteiger partial charge in [0.1, 0.15) is 0 Å². The molecule has 164 valence electrons. The lowest BCUT2D eigenvalue weighted by Gasteiger charge is -2.17. The van der Waals surface area contributed by atoms with E-state index in [1.807, 2.05) is 6.92 Å². The molecule has 0 saturated heterocycles. The summed E-state index contributed by atoms with van der Waals surface area (Å²) in [5, 5.41) is 3.53. The van der Waals surface area contributed by atoms with Crippen LogP contribution in [-0.2, 0) is 12.4 Å². The van der Waals surface area contributed by atoms with Crippen molar-refractivity contribution in [3.63, 3.8) is 0 Å². The third-order valence-electron chi connectivity index (χ3n) is 4.49. The second-order valence-corrected chi connectivity index (χ2v) is 7.44. The first-order valence-corrected chi connectivity index (χ1v) is 9.56. The number of hydrogen-bond donors (Lipinski definition) is 1. The van der Waals surface area contributed by atoms with E-state index in [1.165, 1.54) is 0 Å². The van der Waals surface area contributed by atoms with E-state index in [4.69, 9.17) is 23.2 Å². The Morgan fingerprint density at radius 3 is 1.97 bits per heavy atom. The highest BCUT2D eigenvalue weighted by Gasteiger charge is 2.37. The van der Waals surface area contributed by atoms with Crippen molar-refractivity contribution >= 4 is 29.0 Å². The fourth-order valence-corrected chi connectivity index (χ4v) is 3.15. The second kappa shape index (κ2) is 9.58. The Morgan fingerprint density at radius 2 is 1.50 bits per heavy atom. The van der Waals surface area contributed by atoms with E-state index in [9.17, 15) is 31.1 Å². The maximum absolute atomic E-state index is 12.9. The molecular formula is C20H17Cl2F6NO. The molecule has 0 aliphatic carbocycles. The lowest BCUT2D eigenvalue weighted by Crippen LogP contribution is -2.28. The van der Waals surface area contributed by atoms with Crippen LogP contribution >= 0.6 is 23.2 Å². The van der Waals surface area contributed by atoms with E-state index >= 15 is 0 Å². The Labute approximate surface area is 179 Å². The van der Waals surface area contributed by atoms with Gasteiger partial charge in [0.25, 0.3) is 0 Å². The van der Waals surface area contributed by atoms with E-state index in [1.54, 1.807) is 18.2 Å². The molecule has 2 aromatic carbocycles. The van der Waals surface area contributed by atoms with Gasteiger partial charge in [-0.05, 0) is 48.2 Å². The van der Waals surface area contributed by atoms with Gasteiger partial charge >= 0.3 is 12.4 Å². The van der Waals surface area contributed by atoms with Crippen molar-refractivity contribution < 1.29 is 31.1 Å². The molecule has 1 atom stereocenters. The first-order chi connectivity index (χ1) is 13.8. The van der Waals surface area contributed by atoms with Crippen LogP contribution in [0.1, 0.15) is 46.3 Å².